The first-order valence-corrected chi connectivity index (χ1v) is 9.48. The molecule has 1 N–H and O–H groups in total. The molecule has 128 valence electrons. The molecule has 1 fully saturated rings. The van der Waals surface area contributed by atoms with Gasteiger partial charge in [0, 0.05) is 4.47 Å². The molecule has 0 aliphatic carbocycles. The predicted octanol–water partition coefficient (Wildman–Crippen LogP) is 4.73. The van der Waals surface area contributed by atoms with Gasteiger partial charge in [-0.25, -0.2) is 0 Å². The number of hydrogen-bond donors (Lipinski definition) is 1. The Bertz CT molecular complexity index is 854. The molecule has 7 heteroatoms. The number of nitrogens with zero attached hydrogens (tertiary/aromatic N) is 1. The second kappa shape index (κ2) is 8.03. The molecular formula is C18H15BrN2O2S2. The van der Waals surface area contributed by atoms with Crippen molar-refractivity contribution in [3.05, 3.63) is 63.5 Å². The predicted molar refractivity (Wildman–Crippen MR) is 111 cm³/mol. The van der Waals surface area contributed by atoms with Gasteiger partial charge in [-0.15, -0.1) is 0 Å². The number of ether oxygens (including phenoxy) is 1. The van der Waals surface area contributed by atoms with E-state index >= 15 is 0 Å². The third-order valence-corrected chi connectivity index (χ3v) is 5.43. The fourth-order valence-corrected chi connectivity index (χ4v) is 4.01. The number of thiocarbonyl (C=S) groups is 1. The molecule has 1 heterocycles. The van der Waals surface area contributed by atoms with E-state index in [9.17, 15) is 4.79 Å². The van der Waals surface area contributed by atoms with Gasteiger partial charge in [-0.3, -0.25) is 9.69 Å². The van der Waals surface area contributed by atoms with Gasteiger partial charge in [0.05, 0.1) is 24.4 Å². The van der Waals surface area contributed by atoms with Crippen LogP contribution in [0.25, 0.3) is 6.08 Å². The third kappa shape index (κ3) is 4.23. The van der Waals surface area contributed by atoms with E-state index in [0.717, 1.165) is 21.5 Å². The molecule has 0 atom stereocenters. The van der Waals surface area contributed by atoms with Crippen molar-refractivity contribution in [1.29, 1.82) is 0 Å². The standard InChI is InChI=1S/C18H15BrN2O2S2/c1-23-15-8-3-2-7-14(15)20-11-21-17(22)16(25-18(21)24)10-12-5-4-6-13(19)9-12/h2-10,20H,11H2,1H3/b16-10-. The number of nitrogens with one attached hydrogen (secondary N) is 1. The molecule has 1 aliphatic heterocycles. The summed E-state index contributed by atoms with van der Waals surface area (Å²) in [5.74, 6) is 0.620. The Morgan fingerprint density at radius 1 is 1.28 bits per heavy atom. The summed E-state index contributed by atoms with van der Waals surface area (Å²) >= 11 is 10.1. The van der Waals surface area contributed by atoms with Crippen molar-refractivity contribution in [2.24, 2.45) is 0 Å². The lowest BCUT2D eigenvalue weighted by Gasteiger charge is -2.17. The smallest absolute Gasteiger partial charge is 0.267 e. The summed E-state index contributed by atoms with van der Waals surface area (Å²) in [5.41, 5.74) is 1.77. The number of amides is 1. The number of para-hydroxylation sites is 2. The molecule has 0 unspecified atom stereocenters. The Hall–Kier alpha value is -1.83. The molecule has 0 radical (unpaired) electrons. The summed E-state index contributed by atoms with van der Waals surface area (Å²) < 4.78 is 6.81. The van der Waals surface area contributed by atoms with Crippen molar-refractivity contribution < 1.29 is 9.53 Å². The minimum Gasteiger partial charge on any atom is -0.495 e. The summed E-state index contributed by atoms with van der Waals surface area (Å²) in [4.78, 5) is 14.8. The van der Waals surface area contributed by atoms with Crippen molar-refractivity contribution in [2.75, 3.05) is 19.1 Å². The average molecular weight is 435 g/mol. The number of benzene rings is 2. The van der Waals surface area contributed by atoms with Crippen molar-refractivity contribution in [1.82, 2.24) is 4.90 Å². The van der Waals surface area contributed by atoms with Crippen LogP contribution in [0.4, 0.5) is 5.69 Å². The lowest BCUT2D eigenvalue weighted by atomic mass is 10.2. The van der Waals surface area contributed by atoms with E-state index in [0.29, 0.717) is 15.9 Å². The molecule has 1 saturated heterocycles. The van der Waals surface area contributed by atoms with Crippen LogP contribution in [0, 0.1) is 0 Å². The Balaban J connectivity index is 1.73. The number of thioether (sulfide) groups is 1. The number of carbonyl (C=O) groups excluding carboxylic acids is 1. The first-order valence-electron chi connectivity index (χ1n) is 7.46. The quantitative estimate of drug-likeness (QED) is 0.544. The average Bonchev–Trinajstić information content (AvgIpc) is 2.87. The van der Waals surface area contributed by atoms with Crippen LogP contribution in [-0.2, 0) is 4.79 Å². The highest BCUT2D eigenvalue weighted by Gasteiger charge is 2.31. The van der Waals surface area contributed by atoms with Crippen LogP contribution in [0.15, 0.2) is 57.9 Å². The molecule has 0 saturated carbocycles. The number of rotatable bonds is 5. The number of carbonyl (C=O) groups is 1. The highest BCUT2D eigenvalue weighted by atomic mass is 79.9. The lowest BCUT2D eigenvalue weighted by molar-refractivity contribution is -0.121. The monoisotopic (exact) mass is 434 g/mol. The molecule has 1 aliphatic rings. The van der Waals surface area contributed by atoms with E-state index < -0.39 is 0 Å². The third-order valence-electron chi connectivity index (χ3n) is 3.55. The maximum atomic E-state index is 12.6. The molecule has 2 aromatic carbocycles. The lowest BCUT2D eigenvalue weighted by Crippen LogP contribution is -2.33. The van der Waals surface area contributed by atoms with Gasteiger partial charge in [-0.2, -0.15) is 0 Å². The van der Waals surface area contributed by atoms with E-state index in [1.807, 2.05) is 54.6 Å². The molecule has 25 heavy (non-hydrogen) atoms. The van der Waals surface area contributed by atoms with E-state index in [-0.39, 0.29) is 5.91 Å². The van der Waals surface area contributed by atoms with Gasteiger partial charge in [-0.1, -0.05) is 64.2 Å². The van der Waals surface area contributed by atoms with Crippen LogP contribution in [0.3, 0.4) is 0 Å². The SMILES string of the molecule is COc1ccccc1NCN1C(=O)/C(=C/c2cccc(Br)c2)SC1=S. The Morgan fingerprint density at radius 2 is 2.08 bits per heavy atom. The zero-order valence-electron chi connectivity index (χ0n) is 13.4. The summed E-state index contributed by atoms with van der Waals surface area (Å²) in [6.07, 6.45) is 1.85. The van der Waals surface area contributed by atoms with Crippen LogP contribution in [0.1, 0.15) is 5.56 Å². The van der Waals surface area contributed by atoms with E-state index in [1.165, 1.54) is 11.8 Å². The Labute approximate surface area is 164 Å². The van der Waals surface area contributed by atoms with Crippen molar-refractivity contribution in [3.8, 4) is 5.75 Å². The number of anilines is 1. The number of halogens is 1. The van der Waals surface area contributed by atoms with Gasteiger partial charge >= 0.3 is 0 Å². The van der Waals surface area contributed by atoms with E-state index in [1.54, 1.807) is 12.0 Å². The molecule has 0 bridgehead atoms. The van der Waals surface area contributed by atoms with Gasteiger partial charge in [0.15, 0.2) is 0 Å². The highest BCUT2D eigenvalue weighted by Crippen LogP contribution is 2.33. The summed E-state index contributed by atoms with van der Waals surface area (Å²) in [6, 6.07) is 15.3. The summed E-state index contributed by atoms with van der Waals surface area (Å²) in [6.45, 7) is 0.293. The highest BCUT2D eigenvalue weighted by molar-refractivity contribution is 9.10. The summed E-state index contributed by atoms with van der Waals surface area (Å²) in [5, 5.41) is 3.21. The molecule has 0 spiro atoms. The van der Waals surface area contributed by atoms with Gasteiger partial charge in [0.25, 0.3) is 5.91 Å². The normalized spacial score (nSPS) is 15.8. The molecule has 3 rings (SSSR count). The zero-order chi connectivity index (χ0) is 17.8. The molecule has 0 aromatic heterocycles. The largest absolute Gasteiger partial charge is 0.495 e. The minimum atomic E-state index is -0.0997. The fraction of sp³-hybridized carbons (Fsp3) is 0.111. The maximum Gasteiger partial charge on any atom is 0.267 e. The molecule has 1 amide bonds. The summed E-state index contributed by atoms with van der Waals surface area (Å²) in [7, 11) is 1.61. The molecule has 4 nitrogen and oxygen atoms in total. The minimum absolute atomic E-state index is 0.0997. The van der Waals surface area contributed by atoms with Crippen LogP contribution in [0.2, 0.25) is 0 Å². The van der Waals surface area contributed by atoms with E-state index in [4.69, 9.17) is 17.0 Å². The van der Waals surface area contributed by atoms with Gasteiger partial charge in [-0.05, 0) is 35.9 Å². The first-order chi connectivity index (χ1) is 12.1. The van der Waals surface area contributed by atoms with Crippen molar-refractivity contribution in [3.63, 3.8) is 0 Å². The van der Waals surface area contributed by atoms with Crippen molar-refractivity contribution in [2.45, 2.75) is 0 Å². The number of hydrogen-bond acceptors (Lipinski definition) is 5. The fourth-order valence-electron chi connectivity index (χ4n) is 2.34. The van der Waals surface area contributed by atoms with E-state index in [2.05, 4.69) is 21.2 Å². The van der Waals surface area contributed by atoms with Crippen LogP contribution < -0.4 is 10.1 Å². The molecule has 2 aromatic rings. The number of methoxy groups -OCH3 is 1. The topological polar surface area (TPSA) is 41.6 Å². The van der Waals surface area contributed by atoms with Crippen LogP contribution in [-0.4, -0.2) is 28.9 Å². The second-order valence-electron chi connectivity index (χ2n) is 5.20. The van der Waals surface area contributed by atoms with Crippen molar-refractivity contribution >= 4 is 61.9 Å². The van der Waals surface area contributed by atoms with Crippen LogP contribution in [0.5, 0.6) is 5.75 Å². The maximum absolute atomic E-state index is 12.6. The van der Waals surface area contributed by atoms with Gasteiger partial charge in [0.1, 0.15) is 10.1 Å². The van der Waals surface area contributed by atoms with Crippen LogP contribution >= 0.6 is 39.9 Å². The molecular weight excluding hydrogens is 420 g/mol. The zero-order valence-corrected chi connectivity index (χ0v) is 16.6. The second-order valence-corrected chi connectivity index (χ2v) is 7.79. The Kier molecular flexibility index (Phi) is 5.78. The Morgan fingerprint density at radius 3 is 2.84 bits per heavy atom. The first kappa shape index (κ1) is 18.0. The van der Waals surface area contributed by atoms with Gasteiger partial charge in [0.2, 0.25) is 0 Å². The van der Waals surface area contributed by atoms with Gasteiger partial charge < -0.3 is 10.1 Å².